The predicted molar refractivity (Wildman–Crippen MR) is 95.3 cm³/mol. The van der Waals surface area contributed by atoms with Crippen LogP contribution < -0.4 is 4.74 Å². The van der Waals surface area contributed by atoms with Gasteiger partial charge in [-0.05, 0) is 42.7 Å². The maximum Gasteiger partial charge on any atom is 0.325 e. The molecule has 0 unspecified atom stereocenters. The monoisotopic (exact) mass is 341 g/mol. The molecule has 0 aromatic heterocycles. The normalized spacial score (nSPS) is 10.2. The number of ether oxygens (including phenoxy) is 2. The third-order valence-corrected chi connectivity index (χ3v) is 3.96. The molecular formula is C20H23NO4. The van der Waals surface area contributed by atoms with Gasteiger partial charge in [0.1, 0.15) is 12.3 Å². The van der Waals surface area contributed by atoms with Crippen molar-refractivity contribution in [2.45, 2.75) is 20.4 Å². The van der Waals surface area contributed by atoms with E-state index >= 15 is 0 Å². The molecule has 0 aliphatic rings. The molecule has 0 spiro atoms. The molecule has 5 nitrogen and oxygen atoms in total. The van der Waals surface area contributed by atoms with E-state index in [1.54, 1.807) is 0 Å². The van der Waals surface area contributed by atoms with Crippen molar-refractivity contribution in [3.05, 3.63) is 65.2 Å². The standard InChI is InChI=1S/C20H23NO4/c1-15-9-10-18(11-16(15)2)25-14-19(22)21(13-20(23)24-3)12-17-7-5-4-6-8-17/h4-11H,12-14H2,1-3H3. The fraction of sp³-hybridized carbons (Fsp3) is 0.300. The highest BCUT2D eigenvalue weighted by Gasteiger charge is 2.18. The lowest BCUT2D eigenvalue weighted by Crippen LogP contribution is -2.38. The first-order chi connectivity index (χ1) is 12.0. The number of aryl methyl sites for hydroxylation is 2. The van der Waals surface area contributed by atoms with Crippen LogP contribution in [0.2, 0.25) is 0 Å². The largest absolute Gasteiger partial charge is 0.484 e. The van der Waals surface area contributed by atoms with Gasteiger partial charge in [-0.1, -0.05) is 36.4 Å². The lowest BCUT2D eigenvalue weighted by Gasteiger charge is -2.22. The second-order valence-corrected chi connectivity index (χ2v) is 5.85. The Kier molecular flexibility index (Phi) is 6.57. The number of amides is 1. The molecule has 5 heteroatoms. The Morgan fingerprint density at radius 3 is 2.36 bits per heavy atom. The summed E-state index contributed by atoms with van der Waals surface area (Å²) in [6.45, 7) is 4.09. The Morgan fingerprint density at radius 1 is 1.00 bits per heavy atom. The van der Waals surface area contributed by atoms with E-state index < -0.39 is 5.97 Å². The van der Waals surface area contributed by atoms with Crippen LogP contribution in [0.3, 0.4) is 0 Å². The van der Waals surface area contributed by atoms with Crippen molar-refractivity contribution < 1.29 is 19.1 Å². The van der Waals surface area contributed by atoms with Gasteiger partial charge in [-0.25, -0.2) is 0 Å². The molecule has 0 aliphatic heterocycles. The minimum atomic E-state index is -0.463. The van der Waals surface area contributed by atoms with E-state index in [1.807, 2.05) is 62.4 Å². The zero-order valence-electron chi connectivity index (χ0n) is 14.8. The molecule has 1 amide bonds. The first kappa shape index (κ1) is 18.5. The van der Waals surface area contributed by atoms with E-state index in [0.717, 1.165) is 16.7 Å². The summed E-state index contributed by atoms with van der Waals surface area (Å²) in [5.41, 5.74) is 3.20. The van der Waals surface area contributed by atoms with Crippen LogP contribution in [0.15, 0.2) is 48.5 Å². The molecule has 0 aliphatic carbocycles. The van der Waals surface area contributed by atoms with Crippen molar-refractivity contribution in [3.8, 4) is 5.75 Å². The van der Waals surface area contributed by atoms with Gasteiger partial charge in [0, 0.05) is 6.54 Å². The van der Waals surface area contributed by atoms with E-state index in [-0.39, 0.29) is 19.1 Å². The minimum absolute atomic E-state index is 0.111. The first-order valence-corrected chi connectivity index (χ1v) is 8.08. The number of esters is 1. The Balaban J connectivity index is 2.03. The zero-order valence-corrected chi connectivity index (χ0v) is 14.8. The van der Waals surface area contributed by atoms with Gasteiger partial charge >= 0.3 is 5.97 Å². The average molecular weight is 341 g/mol. The summed E-state index contributed by atoms with van der Waals surface area (Å²) >= 11 is 0. The number of rotatable bonds is 7. The lowest BCUT2D eigenvalue weighted by molar-refractivity contribution is -0.148. The molecule has 25 heavy (non-hydrogen) atoms. The van der Waals surface area contributed by atoms with Gasteiger partial charge in [-0.15, -0.1) is 0 Å². The molecule has 0 fully saturated rings. The lowest BCUT2D eigenvalue weighted by atomic mass is 10.1. The van der Waals surface area contributed by atoms with Crippen LogP contribution in [-0.2, 0) is 20.9 Å². The van der Waals surface area contributed by atoms with E-state index in [4.69, 9.17) is 4.74 Å². The van der Waals surface area contributed by atoms with Gasteiger partial charge in [0.15, 0.2) is 6.61 Å². The highest BCUT2D eigenvalue weighted by Crippen LogP contribution is 2.16. The predicted octanol–water partition coefficient (Wildman–Crippen LogP) is 2.88. The van der Waals surface area contributed by atoms with Crippen molar-refractivity contribution in [3.63, 3.8) is 0 Å². The van der Waals surface area contributed by atoms with Crippen molar-refractivity contribution in [2.24, 2.45) is 0 Å². The van der Waals surface area contributed by atoms with E-state index in [2.05, 4.69) is 4.74 Å². The number of carbonyl (C=O) groups excluding carboxylic acids is 2. The number of hydrogen-bond acceptors (Lipinski definition) is 4. The quantitative estimate of drug-likeness (QED) is 0.727. The van der Waals surface area contributed by atoms with Gasteiger partial charge in [-0.2, -0.15) is 0 Å². The Labute approximate surface area is 148 Å². The summed E-state index contributed by atoms with van der Waals surface area (Å²) in [5, 5.41) is 0. The summed E-state index contributed by atoms with van der Waals surface area (Å²) in [5.74, 6) is -0.0999. The van der Waals surface area contributed by atoms with Crippen LogP contribution in [0.4, 0.5) is 0 Å². The molecule has 2 aromatic carbocycles. The average Bonchev–Trinajstić information content (AvgIpc) is 2.62. The van der Waals surface area contributed by atoms with Crippen LogP contribution in [-0.4, -0.2) is 37.0 Å². The third-order valence-electron chi connectivity index (χ3n) is 3.96. The number of methoxy groups -OCH3 is 1. The summed E-state index contributed by atoms with van der Waals surface area (Å²) in [7, 11) is 1.30. The molecule has 0 N–H and O–H groups in total. The molecule has 2 aromatic rings. The van der Waals surface area contributed by atoms with Crippen molar-refractivity contribution in [2.75, 3.05) is 20.3 Å². The number of carbonyl (C=O) groups is 2. The molecule has 0 radical (unpaired) electrons. The SMILES string of the molecule is COC(=O)CN(Cc1ccccc1)C(=O)COc1ccc(C)c(C)c1. The number of nitrogens with zero attached hydrogens (tertiary/aromatic N) is 1. The van der Waals surface area contributed by atoms with Crippen LogP contribution in [0.25, 0.3) is 0 Å². The summed E-state index contributed by atoms with van der Waals surface area (Å²) in [6, 6.07) is 15.2. The molecule has 0 atom stereocenters. The summed E-state index contributed by atoms with van der Waals surface area (Å²) < 4.78 is 10.3. The van der Waals surface area contributed by atoms with Crippen LogP contribution in [0.5, 0.6) is 5.75 Å². The van der Waals surface area contributed by atoms with Gasteiger partial charge in [0.2, 0.25) is 0 Å². The molecule has 0 saturated carbocycles. The molecule has 2 rings (SSSR count). The van der Waals surface area contributed by atoms with Gasteiger partial charge in [-0.3, -0.25) is 9.59 Å². The second-order valence-electron chi connectivity index (χ2n) is 5.85. The van der Waals surface area contributed by atoms with E-state index in [9.17, 15) is 9.59 Å². The minimum Gasteiger partial charge on any atom is -0.484 e. The molecule has 132 valence electrons. The van der Waals surface area contributed by atoms with Gasteiger partial charge in [0.05, 0.1) is 7.11 Å². The van der Waals surface area contributed by atoms with E-state index in [1.165, 1.54) is 12.0 Å². The van der Waals surface area contributed by atoms with Crippen LogP contribution in [0, 0.1) is 13.8 Å². The molecule has 0 bridgehead atoms. The molecular weight excluding hydrogens is 318 g/mol. The fourth-order valence-corrected chi connectivity index (χ4v) is 2.30. The Bertz CT molecular complexity index is 728. The maximum atomic E-state index is 12.5. The highest BCUT2D eigenvalue weighted by molar-refractivity contribution is 5.83. The van der Waals surface area contributed by atoms with Crippen molar-refractivity contribution in [1.82, 2.24) is 4.90 Å². The first-order valence-electron chi connectivity index (χ1n) is 8.08. The van der Waals surface area contributed by atoms with Crippen LogP contribution >= 0.6 is 0 Å². The van der Waals surface area contributed by atoms with Crippen LogP contribution in [0.1, 0.15) is 16.7 Å². The topological polar surface area (TPSA) is 55.8 Å². The molecule has 0 heterocycles. The van der Waals surface area contributed by atoms with Gasteiger partial charge in [0.25, 0.3) is 5.91 Å². The highest BCUT2D eigenvalue weighted by atomic mass is 16.5. The Hall–Kier alpha value is -2.82. The second kappa shape index (κ2) is 8.87. The van der Waals surface area contributed by atoms with Gasteiger partial charge < -0.3 is 14.4 Å². The summed E-state index contributed by atoms with van der Waals surface area (Å²) in [4.78, 5) is 25.6. The van der Waals surface area contributed by atoms with E-state index in [0.29, 0.717) is 12.3 Å². The maximum absolute atomic E-state index is 12.5. The Morgan fingerprint density at radius 2 is 1.72 bits per heavy atom. The number of hydrogen-bond donors (Lipinski definition) is 0. The van der Waals surface area contributed by atoms with Crippen molar-refractivity contribution in [1.29, 1.82) is 0 Å². The molecule has 0 saturated heterocycles. The van der Waals surface area contributed by atoms with Crippen molar-refractivity contribution >= 4 is 11.9 Å². The number of benzene rings is 2. The smallest absolute Gasteiger partial charge is 0.325 e. The fourth-order valence-electron chi connectivity index (χ4n) is 2.30. The third kappa shape index (κ3) is 5.64. The zero-order chi connectivity index (χ0) is 18.2. The summed E-state index contributed by atoms with van der Waals surface area (Å²) in [6.07, 6.45) is 0.